The lowest BCUT2D eigenvalue weighted by Gasteiger charge is -2.19. The van der Waals surface area contributed by atoms with Crippen molar-refractivity contribution in [2.24, 2.45) is 35.5 Å². The number of ether oxygens (including phenoxy) is 2. The Labute approximate surface area is 533 Å². The summed E-state index contributed by atoms with van der Waals surface area (Å²) in [6.07, 6.45) is 24.4. The zero-order chi connectivity index (χ0) is 66.4. The van der Waals surface area contributed by atoms with Gasteiger partial charge in [0.05, 0.1) is 73.7 Å². The highest BCUT2D eigenvalue weighted by Gasteiger charge is 2.41. The van der Waals surface area contributed by atoms with Crippen LogP contribution in [-0.4, -0.2) is 147 Å². The van der Waals surface area contributed by atoms with Gasteiger partial charge in [-0.05, 0) is 144 Å². The normalized spacial score (nSPS) is 25.5. The molecule has 12 N–H and O–H groups in total. The third kappa shape index (κ3) is 32.8. The van der Waals surface area contributed by atoms with Gasteiger partial charge < -0.3 is 70.8 Å². The largest absolute Gasteiger partial charge is 0.494 e. The molecule has 3 aliphatic rings. The number of halogens is 4. The number of unbranched alkanes of at least 4 members (excludes halogenated alkanes) is 5. The minimum absolute atomic E-state index is 0.0650. The lowest BCUT2D eigenvalue weighted by atomic mass is 9.89. The number of hydrogen-bond acceptors (Lipinski definition) is 14. The van der Waals surface area contributed by atoms with Crippen molar-refractivity contribution in [3.63, 3.8) is 0 Å². The van der Waals surface area contributed by atoms with Crippen LogP contribution in [0.15, 0.2) is 121 Å². The first-order valence-electron chi connectivity index (χ1n) is 31.9. The fourth-order valence-corrected chi connectivity index (χ4v) is 11.5. The maximum Gasteiger partial charge on any atom is 0.416 e. The summed E-state index contributed by atoms with van der Waals surface area (Å²) in [7, 11) is 0. The van der Waals surface area contributed by atoms with Crippen LogP contribution in [0.5, 0.6) is 11.5 Å². The van der Waals surface area contributed by atoms with Crippen molar-refractivity contribution >= 4 is 29.5 Å². The van der Waals surface area contributed by atoms with E-state index >= 15 is 0 Å². The van der Waals surface area contributed by atoms with Gasteiger partial charge >= 0.3 is 24.1 Å². The van der Waals surface area contributed by atoms with Crippen molar-refractivity contribution in [2.45, 2.75) is 216 Å². The number of rotatable bonds is 38. The number of carboxylic acid groups (broad SMARTS) is 3. The highest BCUT2D eigenvalue weighted by atomic mass is 35.5. The van der Waals surface area contributed by atoms with E-state index in [1.807, 2.05) is 60.7 Å². The predicted molar refractivity (Wildman–Crippen MR) is 338 cm³/mol. The number of hydrogen-bond donors (Lipinski definition) is 12. The summed E-state index contributed by atoms with van der Waals surface area (Å²) < 4.78 is 49.2. The molecular formula is C69H100ClF3O17. The van der Waals surface area contributed by atoms with E-state index in [1.165, 1.54) is 12.1 Å². The van der Waals surface area contributed by atoms with Gasteiger partial charge in [-0.2, -0.15) is 13.2 Å². The van der Waals surface area contributed by atoms with E-state index in [4.69, 9.17) is 36.4 Å². The molecule has 0 radical (unpaired) electrons. The van der Waals surface area contributed by atoms with Crippen molar-refractivity contribution in [1.82, 2.24) is 0 Å². The standard InChI is InChI=1S/C25H33F3O6.C24H33ClO6.C20H34O5/c26-25(27,28)17-7-5-9-19(15-17)34-14-6-8-18(29)12-13-21-20(22(30)16-23(21)31)10-3-1-2-4-11-24(32)33;25-17-7-5-9-19(15-17)31-14-6-8-18(26)12-13-21-20(22(27)16-23(21)28)10-3-1-2-4-11-24(29)30;1-2-3-6-9-15(21)12-13-17-16(18(22)14-19(17)23)10-7-4-5-8-11-20(24)25/h1,3,5,7,9,12-13,15,18,20-23,29-31H,2,4,6,8,10-11,14,16H2,(H,32,33);1,3,5,7,9,12-13,15,18,20-23,26-28H,2,4,6,8,10-11,14,16H2,(H,29,30);4,7,12-13,15-19,21-23H,2-3,5-6,8-11,14H2,1H3,(H,24,25)/b2*3-1-,13-12+;7-4-,13-12+/t2*18-,20+,21+,22-,23+;15-,16+,17+,18-,19+/m000/s1. The number of aliphatic hydroxyl groups is 9. The Morgan fingerprint density at radius 1 is 0.511 bits per heavy atom. The molecular weight excluding hydrogens is 1190 g/mol. The fourth-order valence-electron chi connectivity index (χ4n) is 11.3. The van der Waals surface area contributed by atoms with Crippen LogP contribution >= 0.6 is 11.6 Å². The Morgan fingerprint density at radius 2 is 0.867 bits per heavy atom. The Hall–Kier alpha value is -5.39. The van der Waals surface area contributed by atoms with Crippen LogP contribution in [0.2, 0.25) is 5.02 Å². The van der Waals surface area contributed by atoms with Crippen LogP contribution in [-0.2, 0) is 20.6 Å². The quantitative estimate of drug-likeness (QED) is 0.0220. The third-order valence-corrected chi connectivity index (χ3v) is 16.5. The van der Waals surface area contributed by atoms with Gasteiger partial charge in [-0.1, -0.05) is 123 Å². The van der Waals surface area contributed by atoms with Crippen molar-refractivity contribution in [1.29, 1.82) is 0 Å². The molecule has 3 fully saturated rings. The zero-order valence-electron chi connectivity index (χ0n) is 51.8. The molecule has 90 heavy (non-hydrogen) atoms. The van der Waals surface area contributed by atoms with Gasteiger partial charge in [0.2, 0.25) is 0 Å². The van der Waals surface area contributed by atoms with Crippen LogP contribution < -0.4 is 9.47 Å². The summed E-state index contributed by atoms with van der Waals surface area (Å²) in [5.41, 5.74) is -0.782. The summed E-state index contributed by atoms with van der Waals surface area (Å²) in [6.45, 7) is 2.73. The average Bonchev–Trinajstić information content (AvgIpc) is 2.64. The second-order valence-corrected chi connectivity index (χ2v) is 24.1. The number of aliphatic carboxylic acids is 3. The molecule has 17 nitrogen and oxygen atoms in total. The van der Waals surface area contributed by atoms with Crippen LogP contribution in [0, 0.1) is 35.5 Å². The topological polar surface area (TPSA) is 312 Å². The molecule has 3 saturated carbocycles. The van der Waals surface area contributed by atoms with E-state index in [1.54, 1.807) is 36.4 Å². The van der Waals surface area contributed by atoms with Crippen LogP contribution in [0.3, 0.4) is 0 Å². The molecule has 2 aromatic carbocycles. The molecule has 15 atom stereocenters. The second-order valence-electron chi connectivity index (χ2n) is 23.6. The van der Waals surface area contributed by atoms with Gasteiger partial charge in [-0.15, -0.1) is 0 Å². The summed E-state index contributed by atoms with van der Waals surface area (Å²) in [4.78, 5) is 31.5. The van der Waals surface area contributed by atoms with Crippen LogP contribution in [0.1, 0.15) is 160 Å². The van der Waals surface area contributed by atoms with Crippen molar-refractivity contribution < 1.29 is 98.3 Å². The maximum atomic E-state index is 12.7. The molecule has 5 rings (SSSR count). The Bertz CT molecular complexity index is 2520. The minimum Gasteiger partial charge on any atom is -0.494 e. The van der Waals surface area contributed by atoms with Gasteiger partial charge in [-0.25, -0.2) is 0 Å². The minimum atomic E-state index is -4.44. The number of carbonyl (C=O) groups is 3. The number of carboxylic acids is 3. The van der Waals surface area contributed by atoms with Crippen LogP contribution in [0.4, 0.5) is 13.2 Å². The van der Waals surface area contributed by atoms with Gasteiger partial charge in [0.15, 0.2) is 0 Å². The maximum absolute atomic E-state index is 12.7. The number of alkyl halides is 3. The Balaban J connectivity index is 0.000000357. The van der Waals surface area contributed by atoms with E-state index in [0.717, 1.165) is 37.8 Å². The Morgan fingerprint density at radius 3 is 1.21 bits per heavy atom. The molecule has 2 aromatic rings. The first-order chi connectivity index (χ1) is 42.9. The van der Waals surface area contributed by atoms with E-state index in [0.29, 0.717) is 114 Å². The highest BCUT2D eigenvalue weighted by molar-refractivity contribution is 6.30. The van der Waals surface area contributed by atoms with Crippen molar-refractivity contribution in [3.8, 4) is 11.5 Å². The monoisotopic (exact) mass is 1290 g/mol. The molecule has 0 unspecified atom stereocenters. The zero-order valence-corrected chi connectivity index (χ0v) is 52.6. The Kier molecular flexibility index (Phi) is 38.7. The fraction of sp³-hybridized carbons (Fsp3) is 0.609. The molecule has 0 amide bonds. The first kappa shape index (κ1) is 78.9. The van der Waals surface area contributed by atoms with Gasteiger partial charge in [0.1, 0.15) is 11.5 Å². The molecule has 0 saturated heterocycles. The molecule has 0 aliphatic heterocycles. The van der Waals surface area contributed by atoms with Crippen molar-refractivity contribution in [3.05, 3.63) is 132 Å². The highest BCUT2D eigenvalue weighted by Crippen LogP contribution is 2.39. The van der Waals surface area contributed by atoms with E-state index in [-0.39, 0.29) is 73.5 Å². The van der Waals surface area contributed by atoms with Crippen molar-refractivity contribution in [2.75, 3.05) is 13.2 Å². The van der Waals surface area contributed by atoms with Gasteiger partial charge in [-0.3, -0.25) is 14.4 Å². The number of allylic oxidation sites excluding steroid dienone is 6. The van der Waals surface area contributed by atoms with E-state index in [2.05, 4.69) is 6.92 Å². The second kappa shape index (κ2) is 44.2. The number of benzene rings is 2. The van der Waals surface area contributed by atoms with E-state index < -0.39 is 84.6 Å². The molecule has 506 valence electrons. The van der Waals surface area contributed by atoms with Gasteiger partial charge in [0.25, 0.3) is 0 Å². The predicted octanol–water partition coefficient (Wildman–Crippen LogP) is 11.4. The summed E-state index contributed by atoms with van der Waals surface area (Å²) in [6, 6.07) is 11.8. The lowest BCUT2D eigenvalue weighted by molar-refractivity contribution is -0.138. The average molecular weight is 1290 g/mol. The molecule has 0 bridgehead atoms. The molecule has 0 spiro atoms. The molecule has 3 aliphatic carbocycles. The summed E-state index contributed by atoms with van der Waals surface area (Å²) in [5, 5.41) is 118. The first-order valence-corrected chi connectivity index (χ1v) is 32.2. The summed E-state index contributed by atoms with van der Waals surface area (Å²) >= 11 is 5.92. The van der Waals surface area contributed by atoms with Crippen LogP contribution in [0.25, 0.3) is 0 Å². The lowest BCUT2D eigenvalue weighted by Crippen LogP contribution is -2.20. The SMILES string of the molecule is CCCCC[C@H](O)/C=C/[C@@H]1[C@@H](C/C=C\CCCC(=O)O)[C@@H](O)C[C@H]1O.O=C(O)CCC/C=C\C[C@@H]1[C@@H](/C=C/[C@@H](O)CCCOc2cccc(C(F)(F)F)c2)[C@H](O)C[C@@H]1O.O=C(O)CCC/C=C\C[C@@H]1[C@@H](/C=C/[C@@H](O)CCCOc2cccc(Cl)c2)[C@H](O)C[C@@H]1O. The number of aliphatic hydroxyl groups excluding tert-OH is 9. The molecule has 0 aromatic heterocycles. The molecule has 21 heteroatoms. The summed E-state index contributed by atoms with van der Waals surface area (Å²) in [5.74, 6) is -2.73. The smallest absolute Gasteiger partial charge is 0.416 e. The van der Waals surface area contributed by atoms with E-state index in [9.17, 15) is 73.5 Å². The van der Waals surface area contributed by atoms with Gasteiger partial charge in [0, 0.05) is 61.3 Å². The third-order valence-electron chi connectivity index (χ3n) is 16.3. The molecule has 0 heterocycles.